The van der Waals surface area contributed by atoms with Crippen LogP contribution in [0.1, 0.15) is 90.0 Å². The van der Waals surface area contributed by atoms with Crippen molar-refractivity contribution in [3.05, 3.63) is 29.8 Å². The number of nitrogens with two attached hydrogens (primary N) is 2. The highest BCUT2D eigenvalue weighted by Crippen LogP contribution is 2.23. The lowest BCUT2D eigenvalue weighted by Crippen LogP contribution is -2.59. The number of likely N-dealkylation sites (tertiary alicyclic amines) is 3. The van der Waals surface area contributed by atoms with Crippen LogP contribution in [0.25, 0.3) is 0 Å². The van der Waals surface area contributed by atoms with E-state index in [1.54, 1.807) is 12.1 Å². The van der Waals surface area contributed by atoms with E-state index in [0.717, 1.165) is 5.56 Å². The van der Waals surface area contributed by atoms with Crippen LogP contribution < -0.4 is 38.1 Å². The van der Waals surface area contributed by atoms with Crippen molar-refractivity contribution < 1.29 is 63.3 Å². The van der Waals surface area contributed by atoms with Crippen LogP contribution in [0.2, 0.25) is 0 Å². The Morgan fingerprint density at radius 1 is 0.636 bits per heavy atom. The van der Waals surface area contributed by atoms with Crippen molar-refractivity contribution in [1.29, 1.82) is 0 Å². The quantitative estimate of drug-likeness (QED) is 0.0504. The monoisotopic (exact) mass is 928 g/mol. The number of nitrogens with zero attached hydrogens (tertiary/aromatic N) is 3. The minimum Gasteiger partial charge on any atom is -0.508 e. The first-order valence-electron chi connectivity index (χ1n) is 22.4. The molecule has 0 saturated carbocycles. The van der Waals surface area contributed by atoms with E-state index in [-0.39, 0.29) is 57.5 Å². The first-order valence-corrected chi connectivity index (χ1v) is 22.4. The van der Waals surface area contributed by atoms with Crippen molar-refractivity contribution in [2.24, 2.45) is 11.5 Å². The zero-order valence-electron chi connectivity index (χ0n) is 37.4. The fourth-order valence-corrected chi connectivity index (χ4v) is 8.43. The summed E-state index contributed by atoms with van der Waals surface area (Å²) in [6, 6.07) is -2.69. The fraction of sp³-hybridized carbons (Fsp3) is 0.628. The largest absolute Gasteiger partial charge is 0.508 e. The van der Waals surface area contributed by atoms with Crippen molar-refractivity contribution in [3.63, 3.8) is 0 Å². The Morgan fingerprint density at radius 3 is 1.74 bits per heavy atom. The summed E-state index contributed by atoms with van der Waals surface area (Å²) in [5.41, 5.74) is 12.7. The zero-order chi connectivity index (χ0) is 48.7. The predicted octanol–water partition coefficient (Wildman–Crippen LogP) is -2.59. The molecule has 23 heteroatoms. The van der Waals surface area contributed by atoms with Crippen LogP contribution in [0.5, 0.6) is 5.75 Å². The molecule has 0 aliphatic carbocycles. The number of amides is 8. The van der Waals surface area contributed by atoms with E-state index in [9.17, 15) is 58.2 Å². The molecular formula is C43H64N10O13. The van der Waals surface area contributed by atoms with E-state index >= 15 is 0 Å². The number of hydrogen-bond acceptors (Lipinski definition) is 13. The Morgan fingerprint density at radius 2 is 1.18 bits per heavy atom. The number of carbonyl (C=O) groups is 10. The van der Waals surface area contributed by atoms with Crippen LogP contribution in [0, 0.1) is 0 Å². The van der Waals surface area contributed by atoms with Gasteiger partial charge in [-0.1, -0.05) is 12.1 Å². The number of carboxylic acids is 2. The summed E-state index contributed by atoms with van der Waals surface area (Å²) < 4.78 is 0. The van der Waals surface area contributed by atoms with E-state index < -0.39 is 120 Å². The summed E-state index contributed by atoms with van der Waals surface area (Å²) >= 11 is 0. The molecular weight excluding hydrogens is 865 g/mol. The van der Waals surface area contributed by atoms with E-state index in [1.807, 2.05) is 0 Å². The Labute approximate surface area is 382 Å². The van der Waals surface area contributed by atoms with Gasteiger partial charge in [0, 0.05) is 26.1 Å². The number of aliphatic carboxylic acids is 2. The number of aromatic hydroxyl groups is 1. The molecule has 3 saturated heterocycles. The Bertz CT molecular complexity index is 1950. The number of carboxylic acid groups (broad SMARTS) is 2. The summed E-state index contributed by atoms with van der Waals surface area (Å²) in [6.07, 6.45) is 2.44. The molecule has 3 aliphatic rings. The zero-order valence-corrected chi connectivity index (χ0v) is 37.4. The number of benzene rings is 1. The van der Waals surface area contributed by atoms with Crippen LogP contribution in [0.3, 0.4) is 0 Å². The molecule has 0 aromatic heterocycles. The number of rotatable bonds is 23. The summed E-state index contributed by atoms with van der Waals surface area (Å²) in [6.45, 7) is 3.00. The molecule has 8 atom stereocenters. The van der Waals surface area contributed by atoms with Gasteiger partial charge in [0.05, 0.1) is 6.04 Å². The maximum absolute atomic E-state index is 14.2. The second-order valence-electron chi connectivity index (χ2n) is 17.0. The van der Waals surface area contributed by atoms with E-state index in [2.05, 4.69) is 26.6 Å². The highest BCUT2D eigenvalue weighted by atomic mass is 16.4. The van der Waals surface area contributed by atoms with Crippen molar-refractivity contribution in [2.45, 2.75) is 139 Å². The molecule has 23 nitrogen and oxygen atoms in total. The van der Waals surface area contributed by atoms with Crippen LogP contribution in [-0.2, 0) is 54.4 Å². The fourth-order valence-electron chi connectivity index (χ4n) is 8.43. The maximum atomic E-state index is 14.2. The van der Waals surface area contributed by atoms with Gasteiger partial charge in [0.25, 0.3) is 0 Å². The highest BCUT2D eigenvalue weighted by molar-refractivity contribution is 5.98. The number of phenolic OH excluding ortho intramolecular Hbond substituents is 1. The molecule has 66 heavy (non-hydrogen) atoms. The van der Waals surface area contributed by atoms with Gasteiger partial charge >= 0.3 is 11.9 Å². The van der Waals surface area contributed by atoms with Gasteiger partial charge in [-0.05, 0) is 109 Å². The molecule has 3 heterocycles. The van der Waals surface area contributed by atoms with Gasteiger partial charge in [-0.15, -0.1) is 0 Å². The molecule has 1 aromatic rings. The van der Waals surface area contributed by atoms with E-state index in [4.69, 9.17) is 16.6 Å². The van der Waals surface area contributed by atoms with Crippen molar-refractivity contribution in [3.8, 4) is 5.75 Å². The van der Waals surface area contributed by atoms with Crippen LogP contribution in [-0.4, -0.2) is 170 Å². The third kappa shape index (κ3) is 14.6. The maximum Gasteiger partial charge on any atom is 0.322 e. The predicted molar refractivity (Wildman–Crippen MR) is 233 cm³/mol. The topological polar surface area (TPSA) is 353 Å². The summed E-state index contributed by atoms with van der Waals surface area (Å²) in [4.78, 5) is 134. The van der Waals surface area contributed by atoms with Crippen molar-refractivity contribution in [2.75, 3.05) is 32.7 Å². The number of carbonyl (C=O) groups excluding carboxylic acids is 8. The molecule has 0 unspecified atom stereocenters. The Balaban J connectivity index is 1.39. The Hall–Kier alpha value is -6.36. The highest BCUT2D eigenvalue weighted by Gasteiger charge is 2.42. The van der Waals surface area contributed by atoms with Gasteiger partial charge in [0.2, 0.25) is 47.3 Å². The molecule has 0 bridgehead atoms. The van der Waals surface area contributed by atoms with Gasteiger partial charge in [-0.2, -0.15) is 0 Å². The molecule has 12 N–H and O–H groups in total. The standard InChI is InChI=1S/C43H64N10O13/c1-24(47-39(62)32-10-6-20-52(32)42(65)28(45)22-26-12-14-27(54)15-13-26)36(59)50-30(8-3-4-18-44)43(66)53-21-7-11-33(53)40(63)49-29(16-17-34(55)56)37(60)48-25(2)41(64)51-19-5-9-31(51)38(61)46-23-35(57)58/h12-15,24-25,28-33,54H,3-11,16-23,44-45H2,1-2H3,(H,46,61)(H,47,62)(H,48,60)(H,49,63)(H,50,59)(H,55,56)(H,57,58)/t24-,25-,28-,29-,30-,31-,32-,33-/m0/s1. The molecule has 8 amide bonds. The average Bonchev–Trinajstić information content (AvgIpc) is 4.09. The SMILES string of the molecule is C[C@H](NC(=O)[C@@H]1CCCN1C(=O)[C@@H](N)Cc1ccc(O)cc1)C(=O)N[C@@H](CCCCN)C(=O)N1CCC[C@H]1C(=O)N[C@@H](CCC(=O)O)C(=O)N[C@@H](C)C(=O)N1CCC[C@H]1C(=O)NCC(=O)O. The minimum absolute atomic E-state index is 0.0656. The third-order valence-electron chi connectivity index (χ3n) is 12.0. The van der Waals surface area contributed by atoms with Gasteiger partial charge in [0.1, 0.15) is 54.6 Å². The van der Waals surface area contributed by atoms with Gasteiger partial charge in [-0.25, -0.2) is 0 Å². The molecule has 364 valence electrons. The van der Waals surface area contributed by atoms with Crippen molar-refractivity contribution in [1.82, 2.24) is 41.3 Å². The molecule has 1 aromatic carbocycles. The molecule has 3 aliphatic heterocycles. The number of unbranched alkanes of at least 4 members (excludes halogenated alkanes) is 1. The van der Waals surface area contributed by atoms with E-state index in [0.29, 0.717) is 45.1 Å². The van der Waals surface area contributed by atoms with Gasteiger partial charge < -0.3 is 68.1 Å². The first-order chi connectivity index (χ1) is 31.3. The molecule has 0 spiro atoms. The summed E-state index contributed by atoms with van der Waals surface area (Å²) in [7, 11) is 0. The lowest BCUT2D eigenvalue weighted by Gasteiger charge is -2.31. The van der Waals surface area contributed by atoms with Gasteiger partial charge in [-0.3, -0.25) is 47.9 Å². The lowest BCUT2D eigenvalue weighted by molar-refractivity contribution is -0.144. The van der Waals surface area contributed by atoms with Gasteiger partial charge in [0.15, 0.2) is 0 Å². The minimum atomic E-state index is -1.46. The normalized spacial score (nSPS) is 20.3. The summed E-state index contributed by atoms with van der Waals surface area (Å²) in [5, 5.41) is 40.6. The van der Waals surface area contributed by atoms with E-state index in [1.165, 1.54) is 40.7 Å². The van der Waals surface area contributed by atoms with Crippen LogP contribution >= 0.6 is 0 Å². The lowest BCUT2D eigenvalue weighted by atomic mass is 10.0. The summed E-state index contributed by atoms with van der Waals surface area (Å²) in [5.74, 6) is -7.78. The average molecular weight is 929 g/mol. The second kappa shape index (κ2) is 24.8. The van der Waals surface area contributed by atoms with Crippen LogP contribution in [0.15, 0.2) is 24.3 Å². The first kappa shape index (κ1) is 52.3. The number of phenols is 1. The molecule has 4 rings (SSSR count). The number of nitrogens with one attached hydrogen (secondary N) is 5. The molecule has 3 fully saturated rings. The smallest absolute Gasteiger partial charge is 0.322 e. The Kier molecular flexibility index (Phi) is 19.6. The third-order valence-corrected chi connectivity index (χ3v) is 12.0. The second-order valence-corrected chi connectivity index (χ2v) is 17.0. The van der Waals surface area contributed by atoms with Crippen LogP contribution in [0.4, 0.5) is 0 Å². The number of hydrogen-bond donors (Lipinski definition) is 10. The molecule has 0 radical (unpaired) electrons. The van der Waals surface area contributed by atoms with Crippen molar-refractivity contribution >= 4 is 59.2 Å².